The lowest BCUT2D eigenvalue weighted by molar-refractivity contribution is -0.137. The third-order valence-electron chi connectivity index (χ3n) is 2.97. The minimum atomic E-state index is -0.875. The second kappa shape index (κ2) is 7.92. The van der Waals surface area contributed by atoms with Crippen molar-refractivity contribution in [3.8, 4) is 0 Å². The smallest absolute Gasteiger partial charge is 0.407 e. The van der Waals surface area contributed by atoms with E-state index in [9.17, 15) is 9.59 Å². The van der Waals surface area contributed by atoms with Crippen LogP contribution in [0.3, 0.4) is 0 Å². The Morgan fingerprint density at radius 2 is 2.06 bits per heavy atom. The summed E-state index contributed by atoms with van der Waals surface area (Å²) in [4.78, 5) is 24.0. The molecule has 0 aromatic carbocycles. The lowest BCUT2D eigenvalue weighted by atomic mass is 10.2. The normalized spacial score (nSPS) is 17.4. The Bertz CT molecular complexity index is 277. The molecule has 0 radical (unpaired) electrons. The number of hydrogen-bond donors (Lipinski definition) is 2. The summed E-state index contributed by atoms with van der Waals surface area (Å²) in [6, 6.07) is 0. The number of alkyl carbamates (subject to hydrolysis) is 1. The van der Waals surface area contributed by atoms with E-state index in [0.717, 1.165) is 19.6 Å². The van der Waals surface area contributed by atoms with Crippen molar-refractivity contribution >= 4 is 12.1 Å². The molecule has 1 atom stereocenters. The molecule has 0 aromatic heterocycles. The first-order valence-corrected chi connectivity index (χ1v) is 6.46. The van der Waals surface area contributed by atoms with Crippen molar-refractivity contribution in [2.75, 3.05) is 26.2 Å². The van der Waals surface area contributed by atoms with E-state index in [1.54, 1.807) is 6.92 Å². The van der Waals surface area contributed by atoms with Gasteiger partial charge in [-0.3, -0.25) is 4.79 Å². The third-order valence-corrected chi connectivity index (χ3v) is 2.97. The first kappa shape index (κ1) is 14.8. The van der Waals surface area contributed by atoms with Crippen molar-refractivity contribution in [2.45, 2.75) is 38.7 Å². The molecule has 0 spiro atoms. The Balaban J connectivity index is 2.03. The molecule has 1 rings (SSSR count). The van der Waals surface area contributed by atoms with Gasteiger partial charge in [0.15, 0.2) is 0 Å². The van der Waals surface area contributed by atoms with Gasteiger partial charge in [-0.1, -0.05) is 0 Å². The van der Waals surface area contributed by atoms with Crippen LogP contribution in [-0.4, -0.2) is 54.4 Å². The first-order chi connectivity index (χ1) is 8.58. The number of carboxylic acid groups (broad SMARTS) is 1. The van der Waals surface area contributed by atoms with E-state index in [2.05, 4.69) is 10.2 Å². The molecule has 1 unspecified atom stereocenters. The average Bonchev–Trinajstić information content (AvgIpc) is 2.79. The first-order valence-electron chi connectivity index (χ1n) is 6.46. The van der Waals surface area contributed by atoms with E-state index < -0.39 is 12.1 Å². The van der Waals surface area contributed by atoms with E-state index in [4.69, 9.17) is 9.84 Å². The molecule has 104 valence electrons. The second-order valence-corrected chi connectivity index (χ2v) is 4.62. The number of rotatable bonds is 7. The van der Waals surface area contributed by atoms with Crippen LogP contribution in [0.25, 0.3) is 0 Å². The van der Waals surface area contributed by atoms with Crippen molar-refractivity contribution in [1.29, 1.82) is 0 Å². The van der Waals surface area contributed by atoms with Crippen molar-refractivity contribution in [3.63, 3.8) is 0 Å². The van der Waals surface area contributed by atoms with Crippen LogP contribution in [0, 0.1) is 0 Å². The maximum atomic E-state index is 11.4. The van der Waals surface area contributed by atoms with Crippen LogP contribution in [-0.2, 0) is 9.53 Å². The fraction of sp³-hybridized carbons (Fsp3) is 0.833. The summed E-state index contributed by atoms with van der Waals surface area (Å²) in [7, 11) is 0. The molecule has 1 amide bonds. The van der Waals surface area contributed by atoms with Crippen LogP contribution in [0.1, 0.15) is 32.6 Å². The molecule has 0 aliphatic carbocycles. The Hall–Kier alpha value is -1.30. The second-order valence-electron chi connectivity index (χ2n) is 4.62. The van der Waals surface area contributed by atoms with Gasteiger partial charge in [-0.05, 0) is 39.3 Å². The monoisotopic (exact) mass is 258 g/mol. The lowest BCUT2D eigenvalue weighted by Crippen LogP contribution is -2.35. The Labute approximate surface area is 107 Å². The molecule has 0 bridgehead atoms. The van der Waals surface area contributed by atoms with Gasteiger partial charge in [-0.25, -0.2) is 4.79 Å². The largest absolute Gasteiger partial charge is 0.481 e. The molecular formula is C12H22N2O4. The van der Waals surface area contributed by atoms with Crippen LogP contribution in [0.15, 0.2) is 0 Å². The average molecular weight is 258 g/mol. The van der Waals surface area contributed by atoms with Crippen molar-refractivity contribution in [3.05, 3.63) is 0 Å². The van der Waals surface area contributed by atoms with Crippen molar-refractivity contribution in [1.82, 2.24) is 10.2 Å². The molecule has 18 heavy (non-hydrogen) atoms. The number of carboxylic acids is 1. The molecule has 2 N–H and O–H groups in total. The van der Waals surface area contributed by atoms with Crippen LogP contribution in [0.5, 0.6) is 0 Å². The summed E-state index contributed by atoms with van der Waals surface area (Å²) >= 11 is 0. The van der Waals surface area contributed by atoms with Gasteiger partial charge in [0.1, 0.15) is 6.10 Å². The van der Waals surface area contributed by atoms with Crippen LogP contribution >= 0.6 is 0 Å². The predicted molar refractivity (Wildman–Crippen MR) is 66.5 cm³/mol. The lowest BCUT2D eigenvalue weighted by Gasteiger charge is -2.16. The van der Waals surface area contributed by atoms with E-state index >= 15 is 0 Å². The molecule has 0 aromatic rings. The summed E-state index contributed by atoms with van der Waals surface area (Å²) in [6.07, 6.45) is 1.99. The maximum absolute atomic E-state index is 11.4. The number of carbonyl (C=O) groups is 2. The van der Waals surface area contributed by atoms with Crippen LogP contribution < -0.4 is 5.32 Å². The van der Waals surface area contributed by atoms with Gasteiger partial charge in [0.25, 0.3) is 0 Å². The number of nitrogens with one attached hydrogen (secondary N) is 1. The van der Waals surface area contributed by atoms with Gasteiger partial charge >= 0.3 is 12.1 Å². The fourth-order valence-corrected chi connectivity index (χ4v) is 1.93. The van der Waals surface area contributed by atoms with E-state index in [-0.39, 0.29) is 12.5 Å². The van der Waals surface area contributed by atoms with Gasteiger partial charge in [0.2, 0.25) is 0 Å². The number of amides is 1. The van der Waals surface area contributed by atoms with Gasteiger partial charge in [0, 0.05) is 19.5 Å². The fourth-order valence-electron chi connectivity index (χ4n) is 1.93. The molecule has 0 saturated carbocycles. The highest BCUT2D eigenvalue weighted by Crippen LogP contribution is 2.05. The van der Waals surface area contributed by atoms with Crippen molar-refractivity contribution < 1.29 is 19.4 Å². The maximum Gasteiger partial charge on any atom is 0.407 e. The topological polar surface area (TPSA) is 78.9 Å². The quantitative estimate of drug-likeness (QED) is 0.714. The zero-order chi connectivity index (χ0) is 13.4. The number of hydrogen-bond acceptors (Lipinski definition) is 4. The van der Waals surface area contributed by atoms with E-state index in [1.165, 1.54) is 12.8 Å². The number of ether oxygens (including phenoxy) is 1. The highest BCUT2D eigenvalue weighted by Gasteiger charge is 2.13. The molecular weight excluding hydrogens is 236 g/mol. The van der Waals surface area contributed by atoms with Gasteiger partial charge in [-0.2, -0.15) is 0 Å². The Morgan fingerprint density at radius 3 is 2.67 bits per heavy atom. The summed E-state index contributed by atoms with van der Waals surface area (Å²) in [5.74, 6) is -0.875. The highest BCUT2D eigenvalue weighted by atomic mass is 16.6. The zero-order valence-electron chi connectivity index (χ0n) is 10.9. The highest BCUT2D eigenvalue weighted by molar-refractivity contribution is 5.68. The van der Waals surface area contributed by atoms with Gasteiger partial charge < -0.3 is 20.1 Å². The Morgan fingerprint density at radius 1 is 1.39 bits per heavy atom. The number of carbonyl (C=O) groups excluding carboxylic acids is 1. The third kappa shape index (κ3) is 6.44. The SMILES string of the molecule is CC(CCC(=O)O)OC(=O)NCCN1CCCC1. The van der Waals surface area contributed by atoms with E-state index in [0.29, 0.717) is 13.0 Å². The van der Waals surface area contributed by atoms with Gasteiger partial charge in [0.05, 0.1) is 0 Å². The van der Waals surface area contributed by atoms with Crippen LogP contribution in [0.2, 0.25) is 0 Å². The molecule has 1 aliphatic heterocycles. The predicted octanol–water partition coefficient (Wildman–Crippen LogP) is 1.06. The molecule has 1 fully saturated rings. The Kier molecular flexibility index (Phi) is 6.49. The van der Waals surface area contributed by atoms with Crippen molar-refractivity contribution in [2.24, 2.45) is 0 Å². The summed E-state index contributed by atoms with van der Waals surface area (Å²) in [6.45, 7) is 5.32. The molecule has 6 heteroatoms. The molecule has 1 heterocycles. The minimum Gasteiger partial charge on any atom is -0.481 e. The van der Waals surface area contributed by atoms with E-state index in [1.807, 2.05) is 0 Å². The summed E-state index contributed by atoms with van der Waals surface area (Å²) in [5.41, 5.74) is 0. The van der Waals surface area contributed by atoms with Crippen LogP contribution in [0.4, 0.5) is 4.79 Å². The number of likely N-dealkylation sites (tertiary alicyclic amines) is 1. The number of aliphatic carboxylic acids is 1. The standard InChI is InChI=1S/C12H22N2O4/c1-10(4-5-11(15)16)18-12(17)13-6-9-14-7-2-3-8-14/h10H,2-9H2,1H3,(H,13,17)(H,15,16). The van der Waals surface area contributed by atoms with Gasteiger partial charge in [-0.15, -0.1) is 0 Å². The molecule has 1 aliphatic rings. The molecule has 6 nitrogen and oxygen atoms in total. The summed E-state index contributed by atoms with van der Waals surface area (Å²) < 4.78 is 5.03. The molecule has 1 saturated heterocycles. The summed E-state index contributed by atoms with van der Waals surface area (Å²) in [5, 5.41) is 11.2. The zero-order valence-corrected chi connectivity index (χ0v) is 10.9. The minimum absolute atomic E-state index is 0.0161. The number of nitrogens with zero attached hydrogens (tertiary/aromatic N) is 1.